The first-order valence-corrected chi connectivity index (χ1v) is 5.41. The highest BCUT2D eigenvalue weighted by Gasteiger charge is 2.19. The first-order chi connectivity index (χ1) is 8.09. The van der Waals surface area contributed by atoms with E-state index in [0.717, 1.165) is 11.3 Å². The average molecular weight is 230 g/mol. The molecule has 88 valence electrons. The topological polar surface area (TPSA) is 55.1 Å². The SMILES string of the molecule is CC(C(=O)O)c1nc(-c2ccccc2)cn1C. The fraction of sp³-hybridized carbons (Fsp3) is 0.231. The Balaban J connectivity index is 2.41. The molecule has 0 saturated heterocycles. The van der Waals surface area contributed by atoms with Gasteiger partial charge in [-0.2, -0.15) is 0 Å². The van der Waals surface area contributed by atoms with E-state index in [-0.39, 0.29) is 0 Å². The van der Waals surface area contributed by atoms with Gasteiger partial charge in [0, 0.05) is 18.8 Å². The predicted molar refractivity (Wildman–Crippen MR) is 64.7 cm³/mol. The third kappa shape index (κ3) is 2.20. The zero-order valence-electron chi connectivity index (χ0n) is 9.79. The monoisotopic (exact) mass is 230 g/mol. The van der Waals surface area contributed by atoms with E-state index in [2.05, 4.69) is 4.98 Å². The molecule has 0 saturated carbocycles. The summed E-state index contributed by atoms with van der Waals surface area (Å²) in [5.74, 6) is -0.896. The molecule has 0 amide bonds. The van der Waals surface area contributed by atoms with Crippen LogP contribution in [0.2, 0.25) is 0 Å². The summed E-state index contributed by atoms with van der Waals surface area (Å²) >= 11 is 0. The van der Waals surface area contributed by atoms with Crippen molar-refractivity contribution in [2.75, 3.05) is 0 Å². The van der Waals surface area contributed by atoms with Gasteiger partial charge in [-0.25, -0.2) is 4.98 Å². The van der Waals surface area contributed by atoms with Gasteiger partial charge in [-0.1, -0.05) is 30.3 Å². The molecule has 1 atom stereocenters. The molecule has 0 aliphatic rings. The molecule has 17 heavy (non-hydrogen) atoms. The number of benzene rings is 1. The Hall–Kier alpha value is -2.10. The zero-order valence-corrected chi connectivity index (χ0v) is 9.79. The number of carboxylic acids is 1. The van der Waals surface area contributed by atoms with Crippen molar-refractivity contribution < 1.29 is 9.90 Å². The van der Waals surface area contributed by atoms with Crippen LogP contribution >= 0.6 is 0 Å². The van der Waals surface area contributed by atoms with E-state index in [0.29, 0.717) is 5.82 Å². The lowest BCUT2D eigenvalue weighted by molar-refractivity contribution is -0.138. The number of aromatic nitrogens is 2. The van der Waals surface area contributed by atoms with Crippen LogP contribution in [-0.4, -0.2) is 20.6 Å². The van der Waals surface area contributed by atoms with Gasteiger partial charge in [0.25, 0.3) is 0 Å². The second-order valence-corrected chi connectivity index (χ2v) is 4.02. The molecule has 4 nitrogen and oxygen atoms in total. The highest BCUT2D eigenvalue weighted by molar-refractivity contribution is 5.74. The number of aliphatic carboxylic acids is 1. The molecule has 1 unspecified atom stereocenters. The van der Waals surface area contributed by atoms with Crippen LogP contribution in [0.3, 0.4) is 0 Å². The summed E-state index contributed by atoms with van der Waals surface area (Å²) in [6.07, 6.45) is 1.85. The van der Waals surface area contributed by atoms with E-state index in [1.807, 2.05) is 43.6 Å². The molecular formula is C13H14N2O2. The number of carboxylic acid groups (broad SMARTS) is 1. The van der Waals surface area contributed by atoms with Gasteiger partial charge >= 0.3 is 5.97 Å². The molecule has 0 fully saturated rings. The maximum atomic E-state index is 10.9. The Morgan fingerprint density at radius 2 is 2.00 bits per heavy atom. The van der Waals surface area contributed by atoms with Crippen LogP contribution in [0.4, 0.5) is 0 Å². The summed E-state index contributed by atoms with van der Waals surface area (Å²) < 4.78 is 1.76. The molecule has 0 aliphatic carbocycles. The number of rotatable bonds is 3. The average Bonchev–Trinajstić information content (AvgIpc) is 2.71. The molecule has 2 aromatic rings. The number of aryl methyl sites for hydroxylation is 1. The lowest BCUT2D eigenvalue weighted by atomic mass is 10.1. The number of hydrogen-bond acceptors (Lipinski definition) is 2. The molecule has 1 aromatic carbocycles. The molecule has 0 aliphatic heterocycles. The van der Waals surface area contributed by atoms with Gasteiger partial charge in [0.05, 0.1) is 5.69 Å². The van der Waals surface area contributed by atoms with Crippen LogP contribution in [-0.2, 0) is 11.8 Å². The van der Waals surface area contributed by atoms with E-state index in [1.165, 1.54) is 0 Å². The quantitative estimate of drug-likeness (QED) is 0.880. The largest absolute Gasteiger partial charge is 0.481 e. The molecule has 2 rings (SSSR count). The van der Waals surface area contributed by atoms with Crippen LogP contribution in [0.15, 0.2) is 36.5 Å². The second kappa shape index (κ2) is 4.41. The molecule has 1 N–H and O–H groups in total. The van der Waals surface area contributed by atoms with Gasteiger partial charge in [0.1, 0.15) is 11.7 Å². The van der Waals surface area contributed by atoms with Crippen LogP contribution in [0.25, 0.3) is 11.3 Å². The van der Waals surface area contributed by atoms with Gasteiger partial charge in [0.2, 0.25) is 0 Å². The molecule has 1 heterocycles. The Morgan fingerprint density at radius 1 is 1.35 bits per heavy atom. The Morgan fingerprint density at radius 3 is 2.59 bits per heavy atom. The number of hydrogen-bond donors (Lipinski definition) is 1. The number of nitrogens with zero attached hydrogens (tertiary/aromatic N) is 2. The van der Waals surface area contributed by atoms with E-state index in [4.69, 9.17) is 5.11 Å². The van der Waals surface area contributed by atoms with Crippen LogP contribution in [0.1, 0.15) is 18.7 Å². The molecule has 4 heteroatoms. The molecule has 0 spiro atoms. The minimum Gasteiger partial charge on any atom is -0.481 e. The van der Waals surface area contributed by atoms with Crippen molar-refractivity contribution in [3.05, 3.63) is 42.4 Å². The molecule has 0 bridgehead atoms. The fourth-order valence-corrected chi connectivity index (χ4v) is 1.74. The molecular weight excluding hydrogens is 216 g/mol. The van der Waals surface area contributed by atoms with Crippen molar-refractivity contribution in [1.82, 2.24) is 9.55 Å². The van der Waals surface area contributed by atoms with Gasteiger partial charge < -0.3 is 9.67 Å². The van der Waals surface area contributed by atoms with E-state index in [9.17, 15) is 4.79 Å². The van der Waals surface area contributed by atoms with Crippen molar-refractivity contribution in [2.24, 2.45) is 7.05 Å². The minimum atomic E-state index is -0.863. The lowest BCUT2D eigenvalue weighted by Gasteiger charge is -2.04. The minimum absolute atomic E-state index is 0.566. The first-order valence-electron chi connectivity index (χ1n) is 5.41. The van der Waals surface area contributed by atoms with Gasteiger partial charge in [-0.15, -0.1) is 0 Å². The van der Waals surface area contributed by atoms with Crippen molar-refractivity contribution >= 4 is 5.97 Å². The Bertz CT molecular complexity index is 532. The Kier molecular flexibility index (Phi) is 2.95. The normalized spacial score (nSPS) is 12.4. The van der Waals surface area contributed by atoms with Crippen molar-refractivity contribution in [3.63, 3.8) is 0 Å². The second-order valence-electron chi connectivity index (χ2n) is 4.02. The van der Waals surface area contributed by atoms with Crippen molar-refractivity contribution in [3.8, 4) is 11.3 Å². The maximum absolute atomic E-state index is 10.9. The van der Waals surface area contributed by atoms with Gasteiger partial charge in [-0.3, -0.25) is 4.79 Å². The van der Waals surface area contributed by atoms with Gasteiger partial charge in [0.15, 0.2) is 0 Å². The highest BCUT2D eigenvalue weighted by atomic mass is 16.4. The molecule has 1 aromatic heterocycles. The fourth-order valence-electron chi connectivity index (χ4n) is 1.74. The summed E-state index contributed by atoms with van der Waals surface area (Å²) in [5, 5.41) is 8.99. The number of imidazole rings is 1. The third-order valence-corrected chi connectivity index (χ3v) is 2.74. The maximum Gasteiger partial charge on any atom is 0.313 e. The Labute approximate surface area is 99.5 Å². The summed E-state index contributed by atoms with van der Waals surface area (Å²) in [6, 6.07) is 9.72. The van der Waals surface area contributed by atoms with E-state index >= 15 is 0 Å². The van der Waals surface area contributed by atoms with E-state index in [1.54, 1.807) is 11.5 Å². The zero-order chi connectivity index (χ0) is 12.4. The third-order valence-electron chi connectivity index (χ3n) is 2.74. The van der Waals surface area contributed by atoms with Gasteiger partial charge in [-0.05, 0) is 6.92 Å². The summed E-state index contributed by atoms with van der Waals surface area (Å²) in [6.45, 7) is 1.64. The van der Waals surface area contributed by atoms with Crippen molar-refractivity contribution in [2.45, 2.75) is 12.8 Å². The lowest BCUT2D eigenvalue weighted by Crippen LogP contribution is -2.12. The van der Waals surface area contributed by atoms with Crippen molar-refractivity contribution in [1.29, 1.82) is 0 Å². The standard InChI is InChI=1S/C13H14N2O2/c1-9(13(16)17)12-14-11(8-15(12)2)10-6-4-3-5-7-10/h3-9H,1-2H3,(H,16,17). The van der Waals surface area contributed by atoms with E-state index < -0.39 is 11.9 Å². The predicted octanol–water partition coefficient (Wildman–Crippen LogP) is 2.28. The van der Waals surface area contributed by atoms with Crippen LogP contribution < -0.4 is 0 Å². The summed E-state index contributed by atoms with van der Waals surface area (Å²) in [4.78, 5) is 15.3. The number of carbonyl (C=O) groups is 1. The summed E-state index contributed by atoms with van der Waals surface area (Å²) in [7, 11) is 1.81. The summed E-state index contributed by atoms with van der Waals surface area (Å²) in [5.41, 5.74) is 1.79. The highest BCUT2D eigenvalue weighted by Crippen LogP contribution is 2.21. The van der Waals surface area contributed by atoms with Crippen LogP contribution in [0.5, 0.6) is 0 Å². The first kappa shape index (κ1) is 11.4. The smallest absolute Gasteiger partial charge is 0.313 e. The molecule has 0 radical (unpaired) electrons. The van der Waals surface area contributed by atoms with Crippen LogP contribution in [0, 0.1) is 0 Å².